The molecule has 0 aromatic carbocycles. The number of ether oxygens (including phenoxy) is 1. The monoisotopic (exact) mass is 236 g/mol. The maximum atomic E-state index is 9.39. The molecule has 0 amide bonds. The fraction of sp³-hybridized carbons (Fsp3) is 0.769. The maximum Gasteiger partial charge on any atom is 0.109 e. The molecule has 2 aliphatic heterocycles. The number of hydrogen-bond donors (Lipinski definition) is 1. The minimum atomic E-state index is 0.233. The van der Waals surface area contributed by atoms with Gasteiger partial charge in [0.2, 0.25) is 0 Å². The van der Waals surface area contributed by atoms with Crippen molar-refractivity contribution < 1.29 is 9.84 Å². The smallest absolute Gasteiger partial charge is 0.109 e. The molecule has 3 rings (SSSR count). The van der Waals surface area contributed by atoms with Gasteiger partial charge in [-0.15, -0.1) is 0 Å². The maximum absolute atomic E-state index is 9.39. The van der Waals surface area contributed by atoms with E-state index in [1.807, 2.05) is 0 Å². The summed E-state index contributed by atoms with van der Waals surface area (Å²) < 4.78 is 7.59. The van der Waals surface area contributed by atoms with Gasteiger partial charge in [0.1, 0.15) is 5.82 Å². The summed E-state index contributed by atoms with van der Waals surface area (Å²) in [6.45, 7) is 1.95. The first-order chi connectivity index (χ1) is 8.38. The van der Waals surface area contributed by atoms with Crippen molar-refractivity contribution in [3.05, 3.63) is 17.7 Å². The van der Waals surface area contributed by atoms with E-state index in [0.717, 1.165) is 51.1 Å². The molecule has 2 aliphatic rings. The summed E-state index contributed by atoms with van der Waals surface area (Å²) in [5.41, 5.74) is 1.21. The molecule has 0 radical (unpaired) electrons. The fourth-order valence-corrected chi connectivity index (χ4v) is 2.96. The van der Waals surface area contributed by atoms with Gasteiger partial charge in [-0.3, -0.25) is 0 Å². The van der Waals surface area contributed by atoms with Crippen LogP contribution in [0.15, 0.2) is 6.20 Å². The number of aliphatic hydroxyl groups excluding tert-OH is 1. The lowest BCUT2D eigenvalue weighted by molar-refractivity contribution is 0.0845. The zero-order chi connectivity index (χ0) is 11.7. The van der Waals surface area contributed by atoms with Gasteiger partial charge >= 0.3 is 0 Å². The summed E-state index contributed by atoms with van der Waals surface area (Å²) in [6.07, 6.45) is 7.62. The zero-order valence-corrected chi connectivity index (χ0v) is 10.1. The molecule has 1 fully saturated rings. The highest BCUT2D eigenvalue weighted by Gasteiger charge is 2.24. The third-order valence-corrected chi connectivity index (χ3v) is 4.01. The minimum Gasteiger partial charge on any atom is -0.394 e. The lowest BCUT2D eigenvalue weighted by atomic mass is 9.97. The summed E-state index contributed by atoms with van der Waals surface area (Å²) in [7, 11) is 0. The molecular weight excluding hydrogens is 216 g/mol. The Hall–Kier alpha value is -0.870. The molecule has 1 unspecified atom stereocenters. The second kappa shape index (κ2) is 4.78. The van der Waals surface area contributed by atoms with Crippen LogP contribution < -0.4 is 0 Å². The largest absolute Gasteiger partial charge is 0.394 e. The van der Waals surface area contributed by atoms with Gasteiger partial charge in [-0.1, -0.05) is 0 Å². The second-order valence-corrected chi connectivity index (χ2v) is 5.10. The molecule has 94 valence electrons. The molecule has 0 saturated carbocycles. The topological polar surface area (TPSA) is 47.3 Å². The molecule has 0 spiro atoms. The third kappa shape index (κ3) is 2.11. The van der Waals surface area contributed by atoms with Crippen molar-refractivity contribution in [2.45, 2.75) is 44.1 Å². The predicted molar refractivity (Wildman–Crippen MR) is 64.1 cm³/mol. The molecule has 3 heterocycles. The molecule has 1 atom stereocenters. The normalized spacial score (nSPS) is 25.8. The van der Waals surface area contributed by atoms with Crippen LogP contribution >= 0.6 is 0 Å². The summed E-state index contributed by atoms with van der Waals surface area (Å²) in [5.74, 6) is 1.72. The van der Waals surface area contributed by atoms with Crippen molar-refractivity contribution in [1.82, 2.24) is 9.55 Å². The molecule has 4 nitrogen and oxygen atoms in total. The lowest BCUT2D eigenvalue weighted by Gasteiger charge is -2.23. The Bertz CT molecular complexity index is 383. The van der Waals surface area contributed by atoms with Gasteiger partial charge in [-0.2, -0.15) is 0 Å². The summed E-state index contributed by atoms with van der Waals surface area (Å²) in [6, 6.07) is 0.250. The highest BCUT2D eigenvalue weighted by atomic mass is 16.5. The number of fused-ring (bicyclic) bond motifs is 1. The van der Waals surface area contributed by atoms with E-state index in [1.54, 1.807) is 0 Å². The van der Waals surface area contributed by atoms with E-state index in [1.165, 1.54) is 5.69 Å². The van der Waals surface area contributed by atoms with Crippen LogP contribution in [0.4, 0.5) is 0 Å². The number of aliphatic hydroxyl groups is 1. The Morgan fingerprint density at radius 1 is 1.35 bits per heavy atom. The Balaban J connectivity index is 1.84. The molecule has 0 aliphatic carbocycles. The first kappa shape index (κ1) is 11.2. The Kier molecular flexibility index (Phi) is 3.16. The van der Waals surface area contributed by atoms with Crippen LogP contribution in [-0.2, 0) is 11.2 Å². The Morgan fingerprint density at radius 2 is 2.18 bits per heavy atom. The van der Waals surface area contributed by atoms with Gasteiger partial charge in [0.05, 0.1) is 18.3 Å². The van der Waals surface area contributed by atoms with E-state index in [9.17, 15) is 5.11 Å². The first-order valence-electron chi connectivity index (χ1n) is 6.64. The van der Waals surface area contributed by atoms with Crippen LogP contribution in [0.5, 0.6) is 0 Å². The summed E-state index contributed by atoms with van der Waals surface area (Å²) in [4.78, 5) is 4.77. The molecule has 1 N–H and O–H groups in total. The zero-order valence-electron chi connectivity index (χ0n) is 10.1. The first-order valence-corrected chi connectivity index (χ1v) is 6.64. The molecule has 1 aromatic heterocycles. The van der Waals surface area contributed by atoms with E-state index >= 15 is 0 Å². The second-order valence-electron chi connectivity index (χ2n) is 5.10. The number of rotatable bonds is 2. The average Bonchev–Trinajstić information content (AvgIpc) is 2.83. The molecule has 1 saturated heterocycles. The van der Waals surface area contributed by atoms with Crippen LogP contribution in [0, 0.1) is 0 Å². The van der Waals surface area contributed by atoms with Crippen molar-refractivity contribution >= 4 is 0 Å². The van der Waals surface area contributed by atoms with E-state index in [4.69, 9.17) is 9.72 Å². The van der Waals surface area contributed by atoms with Gasteiger partial charge in [0.25, 0.3) is 0 Å². The van der Waals surface area contributed by atoms with Crippen molar-refractivity contribution in [3.63, 3.8) is 0 Å². The summed E-state index contributed by atoms with van der Waals surface area (Å²) >= 11 is 0. The van der Waals surface area contributed by atoms with Gasteiger partial charge in [0, 0.05) is 31.7 Å². The number of aryl methyl sites for hydroxylation is 1. The number of nitrogens with zero attached hydrogens (tertiary/aromatic N) is 2. The highest BCUT2D eigenvalue weighted by molar-refractivity contribution is 5.13. The van der Waals surface area contributed by atoms with E-state index < -0.39 is 0 Å². The number of aromatic nitrogens is 2. The fourth-order valence-electron chi connectivity index (χ4n) is 2.96. The molecule has 1 aromatic rings. The molecule has 0 bridgehead atoms. The standard InChI is InChI=1S/C13H20N2O2/c16-9-11-2-1-3-13-14-12(8-15(11)13)10-4-6-17-7-5-10/h8,10-11,16H,1-7,9H2. The molecular formula is C13H20N2O2. The van der Waals surface area contributed by atoms with Crippen molar-refractivity contribution in [1.29, 1.82) is 0 Å². The quantitative estimate of drug-likeness (QED) is 0.849. The average molecular weight is 236 g/mol. The van der Waals surface area contributed by atoms with Gasteiger partial charge in [0.15, 0.2) is 0 Å². The van der Waals surface area contributed by atoms with Crippen LogP contribution in [0.2, 0.25) is 0 Å². The van der Waals surface area contributed by atoms with Crippen molar-refractivity contribution in [2.75, 3.05) is 19.8 Å². The molecule has 17 heavy (non-hydrogen) atoms. The number of hydrogen-bond acceptors (Lipinski definition) is 3. The van der Waals surface area contributed by atoms with E-state index in [0.29, 0.717) is 5.92 Å². The van der Waals surface area contributed by atoms with E-state index in [2.05, 4.69) is 10.8 Å². The van der Waals surface area contributed by atoms with Crippen LogP contribution in [0.25, 0.3) is 0 Å². The van der Waals surface area contributed by atoms with Gasteiger partial charge < -0.3 is 14.4 Å². The van der Waals surface area contributed by atoms with Crippen LogP contribution in [0.3, 0.4) is 0 Å². The SMILES string of the molecule is OCC1CCCc2nc(C3CCOCC3)cn21. The lowest BCUT2D eigenvalue weighted by Crippen LogP contribution is -2.20. The van der Waals surface area contributed by atoms with Gasteiger partial charge in [-0.05, 0) is 25.7 Å². The third-order valence-electron chi connectivity index (χ3n) is 4.01. The van der Waals surface area contributed by atoms with Gasteiger partial charge in [-0.25, -0.2) is 4.98 Å². The van der Waals surface area contributed by atoms with E-state index in [-0.39, 0.29) is 12.6 Å². The van der Waals surface area contributed by atoms with Crippen molar-refractivity contribution in [2.24, 2.45) is 0 Å². The summed E-state index contributed by atoms with van der Waals surface area (Å²) in [5, 5.41) is 9.39. The van der Waals surface area contributed by atoms with Crippen LogP contribution in [0.1, 0.15) is 49.2 Å². The Labute approximate surface area is 102 Å². The highest BCUT2D eigenvalue weighted by Crippen LogP contribution is 2.30. The number of imidazole rings is 1. The predicted octanol–water partition coefficient (Wildman–Crippen LogP) is 1.65. The van der Waals surface area contributed by atoms with Crippen LogP contribution in [-0.4, -0.2) is 34.5 Å². The minimum absolute atomic E-state index is 0.233. The molecule has 4 heteroatoms. The Morgan fingerprint density at radius 3 is 2.94 bits per heavy atom. The van der Waals surface area contributed by atoms with Crippen molar-refractivity contribution in [3.8, 4) is 0 Å².